The normalized spacial score (nSPS) is 12.3. The van der Waals surface area contributed by atoms with Crippen LogP contribution in [0.5, 0.6) is 5.75 Å². The van der Waals surface area contributed by atoms with Crippen LogP contribution in [0.4, 0.5) is 22.0 Å². The van der Waals surface area contributed by atoms with Gasteiger partial charge in [-0.2, -0.15) is 28.6 Å². The van der Waals surface area contributed by atoms with Crippen molar-refractivity contribution in [2.24, 2.45) is 12.5 Å². The molecule has 7 nitrogen and oxygen atoms in total. The Morgan fingerprint density at radius 1 is 1.00 bits per heavy atom. The predicted molar refractivity (Wildman–Crippen MR) is 117 cm³/mol. The van der Waals surface area contributed by atoms with Crippen LogP contribution in [-0.2, 0) is 13.2 Å². The Hall–Kier alpha value is -3.83. The van der Waals surface area contributed by atoms with Gasteiger partial charge in [-0.3, -0.25) is 4.98 Å². The number of alkyl halides is 3. The van der Waals surface area contributed by atoms with Gasteiger partial charge < -0.3 is 9.30 Å². The van der Waals surface area contributed by atoms with Crippen molar-refractivity contribution in [3.63, 3.8) is 0 Å². The van der Waals surface area contributed by atoms with Gasteiger partial charge in [-0.1, -0.05) is 20.8 Å². The second kappa shape index (κ2) is 8.75. The van der Waals surface area contributed by atoms with Crippen LogP contribution in [0.25, 0.3) is 33.9 Å². The van der Waals surface area contributed by atoms with Gasteiger partial charge in [0.1, 0.15) is 28.8 Å². The molecule has 184 valence electrons. The molecule has 12 heteroatoms. The number of hydrogen-bond acceptors (Lipinski definition) is 5. The largest absolute Gasteiger partial charge is 0.492 e. The molecule has 3 heterocycles. The topological polar surface area (TPSA) is 81.5 Å². The molecule has 0 saturated carbocycles. The molecule has 4 aromatic rings. The summed E-state index contributed by atoms with van der Waals surface area (Å²) in [4.78, 5) is 8.51. The average Bonchev–Trinajstić information content (AvgIpc) is 3.39. The number of H-pyrrole nitrogens is 1. The fraction of sp³-hybridized carbons (Fsp3) is 0.304. The van der Waals surface area contributed by atoms with Crippen LogP contribution in [0, 0.1) is 17.0 Å². The zero-order chi connectivity index (χ0) is 25.5. The van der Waals surface area contributed by atoms with Gasteiger partial charge in [0.2, 0.25) is 0 Å². The number of benzene rings is 1. The Labute approximate surface area is 197 Å². The van der Waals surface area contributed by atoms with Gasteiger partial charge in [-0.05, 0) is 17.5 Å². The standard InChI is InChI=1S/C23H21F5N6O/c1-22(2,3)10-35-16-9-13(24)8-14(25)17(16)20-19(30-11-34(20)4)15-7-12(5-6-29-15)18-21(23(26,27)28)32-33-31-18/h5-9,11H,10H2,1-4H3,(H,31,32,33). The van der Waals surface area contributed by atoms with Gasteiger partial charge in [0.05, 0.1) is 29.9 Å². The summed E-state index contributed by atoms with van der Waals surface area (Å²) < 4.78 is 76.4. The molecule has 0 aliphatic rings. The number of pyridine rings is 1. The smallest absolute Gasteiger partial charge is 0.437 e. The van der Waals surface area contributed by atoms with Crippen molar-refractivity contribution in [1.29, 1.82) is 0 Å². The van der Waals surface area contributed by atoms with Crippen molar-refractivity contribution in [2.45, 2.75) is 26.9 Å². The molecule has 35 heavy (non-hydrogen) atoms. The molecule has 0 bridgehead atoms. The van der Waals surface area contributed by atoms with E-state index < -0.39 is 29.2 Å². The van der Waals surface area contributed by atoms with E-state index in [0.29, 0.717) is 0 Å². The molecule has 3 aromatic heterocycles. The average molecular weight is 492 g/mol. The first-order valence-electron chi connectivity index (χ1n) is 10.4. The van der Waals surface area contributed by atoms with Gasteiger partial charge in [0.15, 0.2) is 5.69 Å². The van der Waals surface area contributed by atoms with Gasteiger partial charge in [-0.15, -0.1) is 0 Å². The minimum Gasteiger partial charge on any atom is -0.492 e. The highest BCUT2D eigenvalue weighted by molar-refractivity contribution is 5.82. The minimum absolute atomic E-state index is 0.0331. The number of rotatable bonds is 5. The highest BCUT2D eigenvalue weighted by Gasteiger charge is 2.38. The number of nitrogens with zero attached hydrogens (tertiary/aromatic N) is 5. The maximum absolute atomic E-state index is 15.1. The lowest BCUT2D eigenvalue weighted by Gasteiger charge is -2.21. The van der Waals surface area contributed by atoms with Crippen LogP contribution in [-0.4, -0.2) is 36.6 Å². The number of aryl methyl sites for hydroxylation is 1. The monoisotopic (exact) mass is 492 g/mol. The molecule has 0 atom stereocenters. The number of imidazole rings is 1. The molecule has 0 aliphatic carbocycles. The van der Waals surface area contributed by atoms with E-state index in [0.717, 1.165) is 12.1 Å². The molecule has 0 amide bonds. The van der Waals surface area contributed by atoms with Gasteiger partial charge in [0, 0.05) is 30.9 Å². The first-order chi connectivity index (χ1) is 16.3. The lowest BCUT2D eigenvalue weighted by Crippen LogP contribution is -2.17. The number of nitrogens with one attached hydrogen (secondary N) is 1. The third kappa shape index (κ3) is 5.00. The molecule has 0 fully saturated rings. The quantitative estimate of drug-likeness (QED) is 0.364. The van der Waals surface area contributed by atoms with Crippen LogP contribution in [0.15, 0.2) is 36.8 Å². The van der Waals surface area contributed by atoms with Gasteiger partial charge in [-0.25, -0.2) is 13.8 Å². The lowest BCUT2D eigenvalue weighted by molar-refractivity contribution is -0.140. The SMILES string of the molecule is Cn1cnc(-c2cc(-c3n[nH]nc3C(F)(F)F)ccn2)c1-c1c(F)cc(F)cc1OCC(C)(C)C. The Bertz CT molecular complexity index is 1370. The van der Waals surface area contributed by atoms with Gasteiger partial charge >= 0.3 is 6.18 Å². The Balaban J connectivity index is 1.85. The number of hydrogen-bond donors (Lipinski definition) is 1. The van der Waals surface area contributed by atoms with E-state index in [2.05, 4.69) is 20.2 Å². The van der Waals surface area contributed by atoms with E-state index in [9.17, 15) is 17.6 Å². The first-order valence-corrected chi connectivity index (χ1v) is 10.4. The number of aromatic amines is 1. The summed E-state index contributed by atoms with van der Waals surface area (Å²) in [6.45, 7) is 5.90. The van der Waals surface area contributed by atoms with Crippen molar-refractivity contribution in [3.8, 4) is 39.7 Å². The van der Waals surface area contributed by atoms with Crippen LogP contribution in [0.2, 0.25) is 0 Å². The van der Waals surface area contributed by atoms with Crippen molar-refractivity contribution in [1.82, 2.24) is 29.9 Å². The van der Waals surface area contributed by atoms with E-state index >= 15 is 4.39 Å². The van der Waals surface area contributed by atoms with E-state index in [1.807, 2.05) is 26.0 Å². The Morgan fingerprint density at radius 2 is 1.74 bits per heavy atom. The molecular weight excluding hydrogens is 471 g/mol. The molecule has 4 rings (SSSR count). The third-order valence-electron chi connectivity index (χ3n) is 4.95. The molecule has 0 unspecified atom stereocenters. The molecule has 0 spiro atoms. The summed E-state index contributed by atoms with van der Waals surface area (Å²) in [5.74, 6) is -1.73. The summed E-state index contributed by atoms with van der Waals surface area (Å²) in [6.07, 6.45) is -2.04. The van der Waals surface area contributed by atoms with Crippen molar-refractivity contribution < 1.29 is 26.7 Å². The summed E-state index contributed by atoms with van der Waals surface area (Å²) in [5.41, 5.74) is -1.32. The fourth-order valence-electron chi connectivity index (χ4n) is 3.44. The predicted octanol–water partition coefficient (Wildman–Crippen LogP) is 5.66. The maximum Gasteiger partial charge on any atom is 0.437 e. The van der Waals surface area contributed by atoms with E-state index in [4.69, 9.17) is 4.74 Å². The minimum atomic E-state index is -4.72. The highest BCUT2D eigenvalue weighted by Crippen LogP contribution is 2.40. The van der Waals surface area contributed by atoms with E-state index in [1.54, 1.807) is 7.05 Å². The van der Waals surface area contributed by atoms with Crippen LogP contribution in [0.1, 0.15) is 26.5 Å². The molecule has 0 aliphatic heterocycles. The summed E-state index contributed by atoms with van der Waals surface area (Å²) in [7, 11) is 1.60. The number of halogens is 5. The third-order valence-corrected chi connectivity index (χ3v) is 4.95. The van der Waals surface area contributed by atoms with Crippen LogP contribution < -0.4 is 4.74 Å². The summed E-state index contributed by atoms with van der Waals surface area (Å²) >= 11 is 0. The first kappa shape index (κ1) is 24.3. The fourth-order valence-corrected chi connectivity index (χ4v) is 3.44. The van der Waals surface area contributed by atoms with Crippen molar-refractivity contribution >= 4 is 0 Å². The maximum atomic E-state index is 15.1. The summed E-state index contributed by atoms with van der Waals surface area (Å²) in [5, 5.41) is 8.82. The molecular formula is C23H21F5N6O. The van der Waals surface area contributed by atoms with Crippen LogP contribution in [0.3, 0.4) is 0 Å². The molecule has 1 N–H and O–H groups in total. The van der Waals surface area contributed by atoms with Crippen LogP contribution >= 0.6 is 0 Å². The van der Waals surface area contributed by atoms with Crippen molar-refractivity contribution in [2.75, 3.05) is 6.61 Å². The Morgan fingerprint density at radius 3 is 2.43 bits per heavy atom. The van der Waals surface area contributed by atoms with Crippen molar-refractivity contribution in [3.05, 3.63) is 54.1 Å². The molecule has 0 saturated heterocycles. The second-order valence-corrected chi connectivity index (χ2v) is 9.11. The number of ether oxygens (including phenoxy) is 1. The Kier molecular flexibility index (Phi) is 6.07. The zero-order valence-corrected chi connectivity index (χ0v) is 19.2. The van der Waals surface area contributed by atoms with E-state index in [-0.39, 0.29) is 46.0 Å². The molecule has 0 radical (unpaired) electrons. The van der Waals surface area contributed by atoms with Gasteiger partial charge in [0.25, 0.3) is 0 Å². The summed E-state index contributed by atoms with van der Waals surface area (Å²) in [6, 6.07) is 4.49. The molecule has 1 aromatic carbocycles. The lowest BCUT2D eigenvalue weighted by atomic mass is 9.98. The van der Waals surface area contributed by atoms with E-state index in [1.165, 1.54) is 29.2 Å². The second-order valence-electron chi connectivity index (χ2n) is 9.11. The number of aromatic nitrogens is 6. The zero-order valence-electron chi connectivity index (χ0n) is 19.2. The highest BCUT2D eigenvalue weighted by atomic mass is 19.4.